The number of hydrogen-bond acceptors (Lipinski definition) is 6. The number of hydrazone groups is 1. The average Bonchev–Trinajstić information content (AvgIpc) is 3.21. The van der Waals surface area contributed by atoms with Crippen LogP contribution in [0, 0.1) is 0 Å². The lowest BCUT2D eigenvalue weighted by atomic mass is 10.1. The summed E-state index contributed by atoms with van der Waals surface area (Å²) >= 11 is 18.4. The molecule has 0 radical (unpaired) electrons. The zero-order valence-electron chi connectivity index (χ0n) is 19.1. The molecule has 1 aliphatic rings. The van der Waals surface area contributed by atoms with Crippen molar-refractivity contribution in [2.45, 2.75) is 6.42 Å². The van der Waals surface area contributed by atoms with Crippen LogP contribution in [-0.4, -0.2) is 38.1 Å². The Balaban J connectivity index is 1.51. The van der Waals surface area contributed by atoms with Crippen molar-refractivity contribution in [3.63, 3.8) is 0 Å². The number of anilines is 1. The van der Waals surface area contributed by atoms with Gasteiger partial charge in [-0.05, 0) is 48.5 Å². The molecule has 0 atom stereocenters. The third-order valence-corrected chi connectivity index (χ3v) is 5.92. The molecule has 3 aromatic rings. The van der Waals surface area contributed by atoms with Gasteiger partial charge in [-0.2, -0.15) is 10.1 Å². The number of benzene rings is 3. The van der Waals surface area contributed by atoms with Crippen LogP contribution in [0.1, 0.15) is 22.3 Å². The Morgan fingerprint density at radius 3 is 2.50 bits per heavy atom. The van der Waals surface area contributed by atoms with Crippen LogP contribution in [0.4, 0.5) is 11.4 Å². The summed E-state index contributed by atoms with van der Waals surface area (Å²) in [5.41, 5.74) is 1.78. The van der Waals surface area contributed by atoms with Crippen LogP contribution in [0.15, 0.2) is 64.7 Å². The molecule has 0 aromatic heterocycles. The average molecular weight is 546 g/mol. The zero-order valence-corrected chi connectivity index (χ0v) is 21.4. The highest BCUT2D eigenvalue weighted by molar-refractivity contribution is 6.42. The van der Waals surface area contributed by atoms with Crippen molar-refractivity contribution in [2.75, 3.05) is 19.2 Å². The summed E-state index contributed by atoms with van der Waals surface area (Å²) < 4.78 is 10.6. The number of nitrogens with one attached hydrogen (secondary N) is 1. The Morgan fingerprint density at radius 2 is 1.81 bits per heavy atom. The van der Waals surface area contributed by atoms with Gasteiger partial charge in [-0.15, -0.1) is 0 Å². The first-order valence-electron chi connectivity index (χ1n) is 10.5. The topological polar surface area (TPSA) is 92.6 Å². The van der Waals surface area contributed by atoms with E-state index in [-0.39, 0.29) is 28.0 Å². The number of carbonyl (C=O) groups is 2. The monoisotopic (exact) mass is 544 g/mol. The van der Waals surface area contributed by atoms with E-state index in [1.54, 1.807) is 62.9 Å². The second kappa shape index (κ2) is 11.0. The van der Waals surface area contributed by atoms with Gasteiger partial charge in [0.2, 0.25) is 0 Å². The van der Waals surface area contributed by atoms with Gasteiger partial charge < -0.3 is 14.8 Å². The van der Waals surface area contributed by atoms with Gasteiger partial charge in [-0.1, -0.05) is 40.9 Å². The molecule has 11 heteroatoms. The first-order valence-corrected chi connectivity index (χ1v) is 11.6. The maximum atomic E-state index is 12.9. The second-order valence-electron chi connectivity index (χ2n) is 7.52. The van der Waals surface area contributed by atoms with Crippen molar-refractivity contribution in [2.24, 2.45) is 10.1 Å². The van der Waals surface area contributed by atoms with Crippen LogP contribution >= 0.6 is 34.8 Å². The zero-order chi connectivity index (χ0) is 25.8. The molecule has 1 N–H and O–H groups in total. The number of amidine groups is 1. The first-order chi connectivity index (χ1) is 17.3. The van der Waals surface area contributed by atoms with Gasteiger partial charge in [-0.3, -0.25) is 14.6 Å². The normalized spacial score (nSPS) is 13.2. The van der Waals surface area contributed by atoms with Crippen molar-refractivity contribution >= 4 is 70.0 Å². The predicted molar refractivity (Wildman–Crippen MR) is 142 cm³/mol. The molecule has 4 rings (SSSR count). The molecule has 0 bridgehead atoms. The molecule has 0 saturated carbocycles. The minimum Gasteiger partial charge on any atom is -0.497 e. The number of carbonyl (C=O) groups excluding carboxylic acids is 2. The predicted octanol–water partition coefficient (Wildman–Crippen LogP) is 5.89. The van der Waals surface area contributed by atoms with E-state index in [1.165, 1.54) is 12.1 Å². The Bertz CT molecular complexity index is 1380. The molecule has 3 aromatic carbocycles. The number of amides is 2. The maximum absolute atomic E-state index is 12.9. The van der Waals surface area contributed by atoms with E-state index in [9.17, 15) is 9.59 Å². The molecular weight excluding hydrogens is 527 g/mol. The van der Waals surface area contributed by atoms with Crippen LogP contribution in [0.5, 0.6) is 11.5 Å². The number of hydrogen-bond donors (Lipinski definition) is 1. The Hall–Kier alpha value is -3.59. The molecule has 0 unspecified atom stereocenters. The van der Waals surface area contributed by atoms with E-state index < -0.39 is 11.8 Å². The minimum atomic E-state index is -0.451. The third kappa shape index (κ3) is 5.62. The lowest BCUT2D eigenvalue weighted by Gasteiger charge is -2.15. The number of halogens is 3. The largest absolute Gasteiger partial charge is 0.497 e. The Morgan fingerprint density at radius 1 is 1.06 bits per heavy atom. The van der Waals surface area contributed by atoms with E-state index in [0.717, 1.165) is 5.01 Å². The minimum absolute atomic E-state index is 0.130. The molecule has 0 spiro atoms. The van der Waals surface area contributed by atoms with Gasteiger partial charge in [0.05, 0.1) is 36.4 Å². The number of aliphatic imine (C=N–C) groups is 1. The number of nitrogens with zero attached hydrogens (tertiary/aromatic N) is 3. The highest BCUT2D eigenvalue weighted by Gasteiger charge is 2.30. The fraction of sp³-hybridized carbons (Fsp3) is 0.120. The van der Waals surface area contributed by atoms with Gasteiger partial charge in [0.15, 0.2) is 0 Å². The lowest BCUT2D eigenvalue weighted by molar-refractivity contribution is -0.116. The molecule has 1 aliphatic heterocycles. The summed E-state index contributed by atoms with van der Waals surface area (Å²) in [5, 5.41) is 8.55. The summed E-state index contributed by atoms with van der Waals surface area (Å²) in [7, 11) is 3.14. The molecule has 2 amide bonds. The molecule has 36 heavy (non-hydrogen) atoms. The molecule has 0 aliphatic carbocycles. The lowest BCUT2D eigenvalue weighted by Crippen LogP contribution is -2.29. The summed E-state index contributed by atoms with van der Waals surface area (Å²) in [6.07, 6.45) is 1.49. The summed E-state index contributed by atoms with van der Waals surface area (Å²) in [6.45, 7) is 0. The molecule has 184 valence electrons. The Labute approximate surface area is 222 Å². The summed E-state index contributed by atoms with van der Waals surface area (Å²) in [5.74, 6) is 0.590. The van der Waals surface area contributed by atoms with Crippen LogP contribution in [0.2, 0.25) is 15.1 Å². The quantitative estimate of drug-likeness (QED) is 0.391. The summed E-state index contributed by atoms with van der Waals surface area (Å²) in [6, 6.07) is 15.0. The van der Waals surface area contributed by atoms with E-state index in [2.05, 4.69) is 15.4 Å². The van der Waals surface area contributed by atoms with E-state index in [1.807, 2.05) is 0 Å². The van der Waals surface area contributed by atoms with Crippen molar-refractivity contribution in [1.29, 1.82) is 0 Å². The highest BCUT2D eigenvalue weighted by Crippen LogP contribution is 2.38. The van der Waals surface area contributed by atoms with Crippen LogP contribution < -0.4 is 19.8 Å². The van der Waals surface area contributed by atoms with Crippen LogP contribution in [0.3, 0.4) is 0 Å². The molecule has 0 fully saturated rings. The second-order valence-corrected chi connectivity index (χ2v) is 8.77. The van der Waals surface area contributed by atoms with Gasteiger partial charge in [0, 0.05) is 22.4 Å². The standard InChI is InChI=1S/C25H19Cl3N4O4/c1-35-18-6-7-21(36-2)15(9-18)13-29-17-5-3-4-14(8-17)25(34)30-22-12-23(33)32(31-22)24-19(27)10-16(26)11-20(24)28/h3-11,13H,12H2,1-2H3,(H,30,31,34). The molecule has 8 nitrogen and oxygen atoms in total. The van der Waals surface area contributed by atoms with Crippen molar-refractivity contribution in [3.05, 3.63) is 80.8 Å². The SMILES string of the molecule is COc1ccc(OC)c(C=Nc2cccc(C(=O)NC3=NN(c4c(Cl)cc(Cl)cc4Cl)C(=O)C3)c2)c1. The van der Waals surface area contributed by atoms with Crippen molar-refractivity contribution < 1.29 is 19.1 Å². The van der Waals surface area contributed by atoms with E-state index in [4.69, 9.17) is 44.3 Å². The van der Waals surface area contributed by atoms with Gasteiger partial charge in [0.1, 0.15) is 23.0 Å². The molecule has 0 saturated heterocycles. The third-order valence-electron chi connectivity index (χ3n) is 5.12. The fourth-order valence-corrected chi connectivity index (χ4v) is 4.40. The number of ether oxygens (including phenoxy) is 2. The molecule has 1 heterocycles. The molecular formula is C25H19Cl3N4O4. The van der Waals surface area contributed by atoms with E-state index >= 15 is 0 Å². The first kappa shape index (κ1) is 25.5. The highest BCUT2D eigenvalue weighted by atomic mass is 35.5. The fourth-order valence-electron chi connectivity index (χ4n) is 3.43. The summed E-state index contributed by atoms with van der Waals surface area (Å²) in [4.78, 5) is 29.8. The van der Waals surface area contributed by atoms with Gasteiger partial charge >= 0.3 is 0 Å². The number of methoxy groups -OCH3 is 2. The van der Waals surface area contributed by atoms with Crippen LogP contribution in [0.25, 0.3) is 0 Å². The smallest absolute Gasteiger partial charge is 0.256 e. The van der Waals surface area contributed by atoms with E-state index in [0.29, 0.717) is 33.3 Å². The maximum Gasteiger partial charge on any atom is 0.256 e. The van der Waals surface area contributed by atoms with Crippen molar-refractivity contribution in [1.82, 2.24) is 5.32 Å². The van der Waals surface area contributed by atoms with Gasteiger partial charge in [-0.25, -0.2) is 0 Å². The number of rotatable bonds is 6. The van der Waals surface area contributed by atoms with Crippen molar-refractivity contribution in [3.8, 4) is 11.5 Å². The Kier molecular flexibility index (Phi) is 7.79. The van der Waals surface area contributed by atoms with Crippen LogP contribution in [-0.2, 0) is 4.79 Å². The van der Waals surface area contributed by atoms with Gasteiger partial charge in [0.25, 0.3) is 11.8 Å².